The second-order valence-corrected chi connectivity index (χ2v) is 9.10. The number of carbonyl (C=O) groups excluding carboxylic acids is 1. The highest BCUT2D eigenvalue weighted by Crippen LogP contribution is 2.40. The van der Waals surface area contributed by atoms with E-state index in [4.69, 9.17) is 16.6 Å². The first-order valence-electron chi connectivity index (χ1n) is 11.1. The molecule has 1 aliphatic heterocycles. The van der Waals surface area contributed by atoms with Crippen molar-refractivity contribution in [1.29, 1.82) is 0 Å². The number of aromatic nitrogens is 4. The molecule has 0 radical (unpaired) electrons. The maximum absolute atomic E-state index is 13.2. The lowest BCUT2D eigenvalue weighted by atomic mass is 10.1. The summed E-state index contributed by atoms with van der Waals surface area (Å²) in [7, 11) is 0. The summed E-state index contributed by atoms with van der Waals surface area (Å²) in [6.07, 6.45) is 2.28. The van der Waals surface area contributed by atoms with Crippen molar-refractivity contribution in [3.05, 3.63) is 64.9 Å². The molecule has 1 saturated carbocycles. The molecule has 0 bridgehead atoms. The molecule has 7 nitrogen and oxygen atoms in total. The van der Waals surface area contributed by atoms with Gasteiger partial charge in [-0.3, -0.25) is 4.79 Å². The van der Waals surface area contributed by atoms with Gasteiger partial charge in [-0.15, -0.1) is 10.2 Å². The van der Waals surface area contributed by atoms with Gasteiger partial charge in [0, 0.05) is 37.0 Å². The third-order valence-electron chi connectivity index (χ3n) is 6.47. The molecule has 2 aromatic heterocycles. The second-order valence-electron chi connectivity index (χ2n) is 8.69. The van der Waals surface area contributed by atoms with E-state index in [9.17, 15) is 4.79 Å². The molecule has 3 heterocycles. The van der Waals surface area contributed by atoms with Crippen molar-refractivity contribution in [2.24, 2.45) is 0 Å². The van der Waals surface area contributed by atoms with Crippen LogP contribution in [0.3, 0.4) is 0 Å². The van der Waals surface area contributed by atoms with Crippen LogP contribution in [-0.2, 0) is 0 Å². The highest BCUT2D eigenvalue weighted by atomic mass is 35.5. The van der Waals surface area contributed by atoms with Crippen LogP contribution in [0.15, 0.2) is 48.5 Å². The van der Waals surface area contributed by atoms with Crippen molar-refractivity contribution >= 4 is 40.0 Å². The number of hydrogen-bond donors (Lipinski definition) is 0. The Balaban J connectivity index is 1.37. The summed E-state index contributed by atoms with van der Waals surface area (Å²) in [5.41, 5.74) is 2.32. The zero-order chi connectivity index (χ0) is 21.8. The lowest BCUT2D eigenvalue weighted by Crippen LogP contribution is -2.54. The maximum atomic E-state index is 13.2. The van der Waals surface area contributed by atoms with Crippen LogP contribution in [0.25, 0.3) is 16.6 Å². The van der Waals surface area contributed by atoms with Crippen LogP contribution in [0.1, 0.15) is 41.9 Å². The van der Waals surface area contributed by atoms with Crippen molar-refractivity contribution in [2.45, 2.75) is 31.7 Å². The number of piperazine rings is 1. The molecule has 2 aromatic carbocycles. The van der Waals surface area contributed by atoms with Crippen molar-refractivity contribution in [3.8, 4) is 0 Å². The van der Waals surface area contributed by atoms with Crippen molar-refractivity contribution in [3.63, 3.8) is 0 Å². The van der Waals surface area contributed by atoms with E-state index in [1.165, 1.54) is 0 Å². The molecule has 1 unspecified atom stereocenters. The SMILES string of the molecule is CC1CN(c2nc3ccccc3c3nnc(C4CC4)n23)CCN1C(=O)c1ccccc1Cl. The number of hydrogen-bond acceptors (Lipinski definition) is 5. The fourth-order valence-corrected chi connectivity index (χ4v) is 4.85. The largest absolute Gasteiger partial charge is 0.338 e. The fourth-order valence-electron chi connectivity index (χ4n) is 4.63. The van der Waals surface area contributed by atoms with E-state index in [1.54, 1.807) is 12.1 Å². The quantitative estimate of drug-likeness (QED) is 0.472. The van der Waals surface area contributed by atoms with Crippen LogP contribution >= 0.6 is 11.6 Å². The summed E-state index contributed by atoms with van der Waals surface area (Å²) < 4.78 is 2.14. The molecule has 2 aliphatic rings. The molecule has 0 N–H and O–H groups in total. The smallest absolute Gasteiger partial charge is 0.255 e. The molecule has 162 valence electrons. The van der Waals surface area contributed by atoms with E-state index in [0.717, 1.165) is 41.2 Å². The van der Waals surface area contributed by atoms with Crippen LogP contribution in [0, 0.1) is 0 Å². The number of amides is 1. The first-order chi connectivity index (χ1) is 15.6. The number of nitrogens with zero attached hydrogens (tertiary/aromatic N) is 6. The van der Waals surface area contributed by atoms with E-state index >= 15 is 0 Å². The third kappa shape index (κ3) is 3.11. The first-order valence-corrected chi connectivity index (χ1v) is 11.4. The average molecular weight is 447 g/mol. The van der Waals surface area contributed by atoms with Gasteiger partial charge in [0.1, 0.15) is 5.82 Å². The van der Waals surface area contributed by atoms with E-state index in [1.807, 2.05) is 35.2 Å². The van der Waals surface area contributed by atoms with E-state index < -0.39 is 0 Å². The van der Waals surface area contributed by atoms with E-state index in [0.29, 0.717) is 36.1 Å². The number of para-hydroxylation sites is 1. The molecular weight excluding hydrogens is 424 g/mol. The van der Waals surface area contributed by atoms with E-state index in [-0.39, 0.29) is 11.9 Å². The number of anilines is 1. The van der Waals surface area contributed by atoms with E-state index in [2.05, 4.69) is 32.5 Å². The zero-order valence-corrected chi connectivity index (χ0v) is 18.5. The van der Waals surface area contributed by atoms with Crippen molar-refractivity contribution in [1.82, 2.24) is 24.5 Å². The summed E-state index contributed by atoms with van der Waals surface area (Å²) in [5, 5.41) is 10.6. The van der Waals surface area contributed by atoms with Gasteiger partial charge in [0.25, 0.3) is 5.91 Å². The fraction of sp³-hybridized carbons (Fsp3) is 0.333. The van der Waals surface area contributed by atoms with Gasteiger partial charge in [0.2, 0.25) is 5.95 Å². The first kappa shape index (κ1) is 19.5. The minimum atomic E-state index is -0.0256. The van der Waals surface area contributed by atoms with Crippen molar-refractivity contribution < 1.29 is 4.79 Å². The highest BCUT2D eigenvalue weighted by Gasteiger charge is 2.34. The normalized spacial score (nSPS) is 19.1. The Labute approximate surface area is 190 Å². The Bertz CT molecular complexity index is 1350. The zero-order valence-electron chi connectivity index (χ0n) is 17.8. The van der Waals surface area contributed by atoms with Crippen LogP contribution in [0.2, 0.25) is 5.02 Å². The maximum Gasteiger partial charge on any atom is 0.255 e. The summed E-state index contributed by atoms with van der Waals surface area (Å²) in [6.45, 7) is 4.04. The Morgan fingerprint density at radius 3 is 2.59 bits per heavy atom. The number of benzene rings is 2. The predicted molar refractivity (Wildman–Crippen MR) is 124 cm³/mol. The van der Waals surface area contributed by atoms with Crippen LogP contribution in [0.5, 0.6) is 0 Å². The Morgan fingerprint density at radius 1 is 1.03 bits per heavy atom. The Morgan fingerprint density at radius 2 is 1.81 bits per heavy atom. The molecule has 2 fully saturated rings. The molecule has 0 spiro atoms. The molecular formula is C24H23ClN6O. The number of fused-ring (bicyclic) bond motifs is 3. The van der Waals surface area contributed by atoms with Crippen LogP contribution in [0.4, 0.5) is 5.95 Å². The molecule has 1 aliphatic carbocycles. The predicted octanol–water partition coefficient (Wildman–Crippen LogP) is 4.16. The van der Waals surface area contributed by atoms with Gasteiger partial charge in [0.15, 0.2) is 5.65 Å². The molecule has 32 heavy (non-hydrogen) atoms. The number of carbonyl (C=O) groups is 1. The average Bonchev–Trinajstić information content (AvgIpc) is 3.56. The minimum absolute atomic E-state index is 0.0108. The molecule has 1 atom stereocenters. The van der Waals surface area contributed by atoms with Gasteiger partial charge >= 0.3 is 0 Å². The minimum Gasteiger partial charge on any atom is -0.338 e. The summed E-state index contributed by atoms with van der Waals surface area (Å²) in [6, 6.07) is 15.3. The number of rotatable bonds is 3. The highest BCUT2D eigenvalue weighted by molar-refractivity contribution is 6.33. The van der Waals surface area contributed by atoms with Gasteiger partial charge in [-0.05, 0) is 44.0 Å². The number of halogens is 1. The van der Waals surface area contributed by atoms with Crippen molar-refractivity contribution in [2.75, 3.05) is 24.5 Å². The van der Waals surface area contributed by atoms with Gasteiger partial charge in [-0.25, -0.2) is 9.38 Å². The topological polar surface area (TPSA) is 66.6 Å². The standard InChI is InChI=1S/C24H23ClN6O/c1-15-14-29(12-13-30(15)23(32)17-6-2-4-8-19(17)25)24-26-20-9-5-3-7-18(20)22-28-27-21(31(22)24)16-10-11-16/h2-9,15-16H,10-14H2,1H3. The third-order valence-corrected chi connectivity index (χ3v) is 6.80. The van der Waals surface area contributed by atoms with Gasteiger partial charge in [-0.1, -0.05) is 35.9 Å². The molecule has 6 rings (SSSR count). The summed E-state index contributed by atoms with van der Waals surface area (Å²) in [4.78, 5) is 22.4. The van der Waals surface area contributed by atoms with Crippen LogP contribution in [-0.4, -0.2) is 56.1 Å². The molecule has 1 amide bonds. The molecule has 1 saturated heterocycles. The second kappa shape index (κ2) is 7.45. The molecule has 8 heteroatoms. The lowest BCUT2D eigenvalue weighted by molar-refractivity contribution is 0.0673. The van der Waals surface area contributed by atoms with Gasteiger partial charge < -0.3 is 9.80 Å². The van der Waals surface area contributed by atoms with Crippen LogP contribution < -0.4 is 4.90 Å². The Kier molecular flexibility index (Phi) is 4.54. The van der Waals surface area contributed by atoms with Gasteiger partial charge in [0.05, 0.1) is 16.1 Å². The molecule has 4 aromatic rings. The van der Waals surface area contributed by atoms with Gasteiger partial charge in [-0.2, -0.15) is 0 Å². The summed E-state index contributed by atoms with van der Waals surface area (Å²) >= 11 is 6.29. The Hall–Kier alpha value is -3.19. The monoisotopic (exact) mass is 446 g/mol. The lowest BCUT2D eigenvalue weighted by Gasteiger charge is -2.40. The summed E-state index contributed by atoms with van der Waals surface area (Å²) in [5.74, 6) is 2.28.